The third-order valence-electron chi connectivity index (χ3n) is 0.224. The minimum absolute atomic E-state index is 0.833. The summed E-state index contributed by atoms with van der Waals surface area (Å²) in [5, 5.41) is 0. The monoisotopic (exact) mass is 60.1 g/mol. The standard InChI is InChI=1S/C3H8O/c1-3-4-2/h4H,2-3H2,1H3. The summed E-state index contributed by atoms with van der Waals surface area (Å²) in [5.74, 6) is 0. The van der Waals surface area contributed by atoms with Gasteiger partial charge in [0.2, 0.25) is 0 Å². The molecular weight excluding hydrogens is 52.0 g/mol. The molecule has 0 unspecified atom stereocenters. The molecule has 1 nitrogen and oxygen atoms in total. The number of ether oxygens (including phenoxy) is 1. The van der Waals surface area contributed by atoms with Crippen LogP contribution in [0.3, 0.4) is 0 Å². The van der Waals surface area contributed by atoms with Crippen LogP contribution < -0.4 is 0 Å². The minimum atomic E-state index is 0.833. The molecule has 0 radical (unpaired) electrons. The first-order valence-corrected chi connectivity index (χ1v) is 1.34. The van der Waals surface area contributed by atoms with E-state index in [1.807, 2.05) is 6.92 Å². The topological polar surface area (TPSA) is 12.8 Å². The van der Waals surface area contributed by atoms with E-state index in [-0.39, 0.29) is 0 Å². The minimum Gasteiger partial charge on any atom is -0.582 e. The van der Waals surface area contributed by atoms with Crippen LogP contribution in [0.15, 0.2) is 0 Å². The lowest BCUT2D eigenvalue weighted by Gasteiger charge is -1.85. The fourth-order valence-corrected chi connectivity index (χ4v) is 0. The van der Waals surface area contributed by atoms with Gasteiger partial charge in [0.25, 0.3) is 0 Å². The van der Waals surface area contributed by atoms with Crippen LogP contribution in [-0.4, -0.2) is 11.3 Å². The molecule has 1 N–H and O–H groups in total. The summed E-state index contributed by atoms with van der Waals surface area (Å²) in [7, 11) is 3.23. The number of hydrogen-bond acceptors (Lipinski definition) is 0. The third kappa shape index (κ3) is 1.96. The molecule has 0 bridgehead atoms. The van der Waals surface area contributed by atoms with Crippen LogP contribution in [0.5, 0.6) is 0 Å². The van der Waals surface area contributed by atoms with E-state index in [1.165, 1.54) is 0 Å². The lowest BCUT2D eigenvalue weighted by Crippen LogP contribution is -1.78. The summed E-state index contributed by atoms with van der Waals surface area (Å²) < 4.78 is 3.49. The van der Waals surface area contributed by atoms with Crippen molar-refractivity contribution in [2.24, 2.45) is 0 Å². The van der Waals surface area contributed by atoms with Gasteiger partial charge in [-0.1, -0.05) is 7.11 Å². The molecule has 0 fully saturated rings. The fourth-order valence-electron chi connectivity index (χ4n) is 0. The highest BCUT2D eigenvalue weighted by Crippen LogP contribution is 1.49. The Kier molecular flexibility index (Phi) is 2.93. The van der Waals surface area contributed by atoms with Crippen LogP contribution in [0.1, 0.15) is 6.92 Å². The summed E-state index contributed by atoms with van der Waals surface area (Å²) >= 11 is 0. The molecule has 0 aliphatic rings. The summed E-state index contributed by atoms with van der Waals surface area (Å²) in [6, 6.07) is 0. The first-order valence-electron chi connectivity index (χ1n) is 1.34. The Morgan fingerprint density at radius 3 is 2.25 bits per heavy atom. The van der Waals surface area contributed by atoms with E-state index in [4.69, 9.17) is 0 Å². The molecule has 0 heterocycles. The molecule has 0 rings (SSSR count). The second-order valence-electron chi connectivity index (χ2n) is 0.540. The molecule has 1 heteroatoms. The lowest BCUT2D eigenvalue weighted by molar-refractivity contribution is 0.0693. The zero-order chi connectivity index (χ0) is 3.41. The quantitative estimate of drug-likeness (QED) is 0.305. The molecule has 0 spiro atoms. The van der Waals surface area contributed by atoms with Crippen molar-refractivity contribution in [3.05, 3.63) is 7.11 Å². The average Bonchev–Trinajstić information content (AvgIpc) is 1.37. The second-order valence-corrected chi connectivity index (χ2v) is 0.540. The van der Waals surface area contributed by atoms with Crippen LogP contribution >= 0.6 is 0 Å². The maximum Gasteiger partial charge on any atom is 0.116 e. The van der Waals surface area contributed by atoms with Crippen molar-refractivity contribution in [1.82, 2.24) is 0 Å². The van der Waals surface area contributed by atoms with Crippen LogP contribution in [0, 0.1) is 7.11 Å². The van der Waals surface area contributed by atoms with E-state index in [2.05, 4.69) is 11.8 Å². The van der Waals surface area contributed by atoms with E-state index >= 15 is 0 Å². The number of hydrogen-bond donors (Lipinski definition) is 0. The summed E-state index contributed by atoms with van der Waals surface area (Å²) in [4.78, 5) is 0. The Bertz CT molecular complexity index is 5.25. The predicted molar refractivity (Wildman–Crippen MR) is 18.1 cm³/mol. The molecule has 0 aromatic heterocycles. The van der Waals surface area contributed by atoms with Gasteiger partial charge in [-0.25, -0.2) is 0 Å². The summed E-state index contributed by atoms with van der Waals surface area (Å²) in [6.07, 6.45) is 0. The SMILES string of the molecule is [CH2-][OH+]CC. The summed E-state index contributed by atoms with van der Waals surface area (Å²) in [5.41, 5.74) is 0. The number of rotatable bonds is 1. The third-order valence-corrected chi connectivity index (χ3v) is 0.224. The molecule has 0 atom stereocenters. The largest absolute Gasteiger partial charge is 0.582 e. The van der Waals surface area contributed by atoms with Gasteiger partial charge >= 0.3 is 0 Å². The lowest BCUT2D eigenvalue weighted by atomic mass is 10.9. The molecule has 0 aliphatic heterocycles. The highest BCUT2D eigenvalue weighted by Gasteiger charge is 1.49. The highest BCUT2D eigenvalue weighted by atomic mass is 16.5. The van der Waals surface area contributed by atoms with E-state index in [9.17, 15) is 0 Å². The van der Waals surface area contributed by atoms with E-state index in [0.29, 0.717) is 0 Å². The fraction of sp³-hybridized carbons (Fsp3) is 0.667. The van der Waals surface area contributed by atoms with Crippen molar-refractivity contribution in [2.45, 2.75) is 6.92 Å². The zero-order valence-corrected chi connectivity index (χ0v) is 2.86. The van der Waals surface area contributed by atoms with Crippen LogP contribution in [-0.2, 0) is 0 Å². The molecular formula is C3H8O. The molecule has 0 saturated carbocycles. The highest BCUT2D eigenvalue weighted by molar-refractivity contribution is 3.98. The van der Waals surface area contributed by atoms with Gasteiger partial charge in [0.05, 0.1) is 0 Å². The van der Waals surface area contributed by atoms with Crippen molar-refractivity contribution < 1.29 is 4.74 Å². The summed E-state index contributed by atoms with van der Waals surface area (Å²) in [6.45, 7) is 2.78. The van der Waals surface area contributed by atoms with Gasteiger partial charge in [-0.3, -0.25) is 0 Å². The Hall–Kier alpha value is -0.0400. The predicted octanol–water partition coefficient (Wildman–Crippen LogP) is 0.326. The van der Waals surface area contributed by atoms with Gasteiger partial charge in [0.15, 0.2) is 0 Å². The van der Waals surface area contributed by atoms with Gasteiger partial charge in [-0.05, 0) is 0 Å². The van der Waals surface area contributed by atoms with Gasteiger partial charge in [-0.15, -0.1) is 0 Å². The molecule has 0 aromatic rings. The molecule has 0 amide bonds. The van der Waals surface area contributed by atoms with Crippen LogP contribution in [0.4, 0.5) is 0 Å². The molecule has 0 saturated heterocycles. The second kappa shape index (κ2) is 2.96. The van der Waals surface area contributed by atoms with Crippen LogP contribution in [0.2, 0.25) is 0 Å². The Labute approximate surface area is 26.6 Å². The van der Waals surface area contributed by atoms with Crippen molar-refractivity contribution in [3.8, 4) is 0 Å². The first-order chi connectivity index (χ1) is 1.91. The number of aliphatic hydroxyl groups is 2. The van der Waals surface area contributed by atoms with Crippen molar-refractivity contribution >= 4 is 0 Å². The van der Waals surface area contributed by atoms with E-state index < -0.39 is 0 Å². The Balaban J connectivity index is 1.97. The van der Waals surface area contributed by atoms with Gasteiger partial charge < -0.3 is 4.74 Å². The van der Waals surface area contributed by atoms with E-state index in [0.717, 1.165) is 6.61 Å². The van der Waals surface area contributed by atoms with Gasteiger partial charge in [0.1, 0.15) is 6.61 Å². The van der Waals surface area contributed by atoms with Crippen molar-refractivity contribution in [3.63, 3.8) is 0 Å². The van der Waals surface area contributed by atoms with E-state index in [1.54, 1.807) is 0 Å². The van der Waals surface area contributed by atoms with Gasteiger partial charge in [-0.2, -0.15) is 0 Å². The van der Waals surface area contributed by atoms with Crippen molar-refractivity contribution in [2.75, 3.05) is 6.61 Å². The molecule has 0 aromatic carbocycles. The molecule has 4 heavy (non-hydrogen) atoms. The zero-order valence-electron chi connectivity index (χ0n) is 2.86. The molecule has 26 valence electrons. The Morgan fingerprint density at radius 2 is 2.25 bits per heavy atom. The maximum absolute atomic E-state index is 3.49. The van der Waals surface area contributed by atoms with Gasteiger partial charge in [0, 0.05) is 6.92 Å². The smallest absolute Gasteiger partial charge is 0.116 e. The molecule has 0 aliphatic carbocycles. The average molecular weight is 60.1 g/mol. The normalized spacial score (nSPS) is 7.50. The van der Waals surface area contributed by atoms with Crippen molar-refractivity contribution in [1.29, 1.82) is 0 Å². The maximum atomic E-state index is 3.49. The Morgan fingerprint density at radius 1 is 2.00 bits per heavy atom. The first kappa shape index (κ1) is 3.96. The van der Waals surface area contributed by atoms with Crippen LogP contribution in [0.25, 0.3) is 0 Å².